The molecule has 17 heavy (non-hydrogen) atoms. The van der Waals surface area contributed by atoms with Crippen LogP contribution in [0.1, 0.15) is 11.7 Å². The summed E-state index contributed by atoms with van der Waals surface area (Å²) in [6.07, 6.45) is -1.41. The number of carboxylic acids is 1. The predicted octanol–water partition coefficient (Wildman–Crippen LogP) is 0.733. The largest absolute Gasteiger partial charge is 0.480 e. The van der Waals surface area contributed by atoms with Crippen LogP contribution >= 0.6 is 0 Å². The van der Waals surface area contributed by atoms with Crippen molar-refractivity contribution in [2.45, 2.75) is 18.8 Å². The average molecular weight is 247 g/mol. The summed E-state index contributed by atoms with van der Waals surface area (Å²) in [5, 5.41) is 18.1. The number of nitrogens with two attached hydrogens (primary N) is 1. The molecule has 0 saturated carbocycles. The molecule has 0 aliphatic carbocycles. The standard InChI is InChI=1S/C10H11F2NO4/c11-10(12)17-6-3-1-5(2-4-6)8(14)7(13)9(15)16/h1-4,7-8,10,14H,13H2,(H,15,16)/t7-,8-/m1/s1. The van der Waals surface area contributed by atoms with E-state index in [9.17, 15) is 18.7 Å². The van der Waals surface area contributed by atoms with Gasteiger partial charge in [0.25, 0.3) is 0 Å². The summed E-state index contributed by atoms with van der Waals surface area (Å²) < 4.78 is 27.8. The van der Waals surface area contributed by atoms with Gasteiger partial charge in [-0.25, -0.2) is 0 Å². The summed E-state index contributed by atoms with van der Waals surface area (Å²) in [5.41, 5.74) is 5.42. The second kappa shape index (κ2) is 5.55. The zero-order valence-corrected chi connectivity index (χ0v) is 8.59. The van der Waals surface area contributed by atoms with Crippen molar-refractivity contribution in [2.75, 3.05) is 0 Å². The van der Waals surface area contributed by atoms with E-state index in [1.54, 1.807) is 0 Å². The van der Waals surface area contributed by atoms with Crippen LogP contribution in [-0.2, 0) is 4.79 Å². The van der Waals surface area contributed by atoms with Crippen LogP contribution in [0.25, 0.3) is 0 Å². The summed E-state index contributed by atoms with van der Waals surface area (Å²) in [5.74, 6) is -1.44. The van der Waals surface area contributed by atoms with E-state index < -0.39 is 24.7 Å². The van der Waals surface area contributed by atoms with Gasteiger partial charge in [0.1, 0.15) is 17.9 Å². The SMILES string of the molecule is N[C@@H](C(=O)O)[C@H](O)c1ccc(OC(F)F)cc1. The van der Waals surface area contributed by atoms with Crippen LogP contribution < -0.4 is 10.5 Å². The third kappa shape index (κ3) is 3.65. The average Bonchev–Trinajstić information content (AvgIpc) is 2.27. The highest BCUT2D eigenvalue weighted by Crippen LogP contribution is 2.20. The van der Waals surface area contributed by atoms with Crippen molar-refractivity contribution < 1.29 is 28.5 Å². The Bertz CT molecular complexity index is 382. The number of hydrogen-bond donors (Lipinski definition) is 3. The number of carboxylic acid groups (broad SMARTS) is 1. The normalized spacial score (nSPS) is 14.4. The van der Waals surface area contributed by atoms with Crippen molar-refractivity contribution in [3.63, 3.8) is 0 Å². The van der Waals surface area contributed by atoms with E-state index in [0.717, 1.165) is 0 Å². The molecule has 4 N–H and O–H groups in total. The first kappa shape index (κ1) is 13.3. The van der Waals surface area contributed by atoms with Gasteiger partial charge in [-0.15, -0.1) is 0 Å². The van der Waals surface area contributed by atoms with Crippen molar-refractivity contribution in [3.8, 4) is 5.75 Å². The van der Waals surface area contributed by atoms with Gasteiger partial charge in [-0.1, -0.05) is 12.1 Å². The topological polar surface area (TPSA) is 92.8 Å². The minimum absolute atomic E-state index is 0.0835. The fourth-order valence-electron chi connectivity index (χ4n) is 1.19. The van der Waals surface area contributed by atoms with Crippen molar-refractivity contribution >= 4 is 5.97 Å². The van der Waals surface area contributed by atoms with E-state index in [4.69, 9.17) is 10.8 Å². The molecule has 0 bridgehead atoms. The van der Waals surface area contributed by atoms with Gasteiger partial charge in [-0.05, 0) is 17.7 Å². The molecule has 0 aliphatic heterocycles. The lowest BCUT2D eigenvalue weighted by atomic mass is 10.0. The lowest BCUT2D eigenvalue weighted by molar-refractivity contribution is -0.141. The van der Waals surface area contributed by atoms with Gasteiger partial charge in [0.05, 0.1) is 0 Å². The van der Waals surface area contributed by atoms with E-state index in [1.165, 1.54) is 24.3 Å². The van der Waals surface area contributed by atoms with Gasteiger partial charge in [0.2, 0.25) is 0 Å². The van der Waals surface area contributed by atoms with Gasteiger partial charge in [0.15, 0.2) is 0 Å². The van der Waals surface area contributed by atoms with E-state index in [-0.39, 0.29) is 11.3 Å². The first-order chi connectivity index (χ1) is 7.91. The molecule has 0 radical (unpaired) electrons. The van der Waals surface area contributed by atoms with Gasteiger partial charge in [0, 0.05) is 0 Å². The monoisotopic (exact) mass is 247 g/mol. The molecule has 0 unspecified atom stereocenters. The minimum atomic E-state index is -2.94. The summed E-state index contributed by atoms with van der Waals surface area (Å²) in [4.78, 5) is 10.5. The molecule has 0 heterocycles. The van der Waals surface area contributed by atoms with Crippen LogP contribution in [0.2, 0.25) is 0 Å². The molecular formula is C10H11F2NO4. The Balaban J connectivity index is 2.76. The Hall–Kier alpha value is -1.73. The van der Waals surface area contributed by atoms with Crippen molar-refractivity contribution in [2.24, 2.45) is 5.73 Å². The molecule has 5 nitrogen and oxygen atoms in total. The molecule has 1 rings (SSSR count). The molecule has 94 valence electrons. The van der Waals surface area contributed by atoms with Gasteiger partial charge >= 0.3 is 12.6 Å². The lowest BCUT2D eigenvalue weighted by Crippen LogP contribution is -2.36. The quantitative estimate of drug-likeness (QED) is 0.713. The van der Waals surface area contributed by atoms with Gasteiger partial charge in [-0.2, -0.15) is 8.78 Å². The number of rotatable bonds is 5. The summed E-state index contributed by atoms with van der Waals surface area (Å²) in [6, 6.07) is 3.45. The highest BCUT2D eigenvalue weighted by Gasteiger charge is 2.23. The number of alkyl halides is 2. The van der Waals surface area contributed by atoms with Crippen LogP contribution in [0.5, 0.6) is 5.75 Å². The molecule has 0 aromatic heterocycles. The van der Waals surface area contributed by atoms with E-state index in [0.29, 0.717) is 0 Å². The second-order valence-electron chi connectivity index (χ2n) is 3.26. The minimum Gasteiger partial charge on any atom is -0.480 e. The van der Waals surface area contributed by atoms with Crippen LogP contribution in [0, 0.1) is 0 Å². The zero-order chi connectivity index (χ0) is 13.0. The number of ether oxygens (including phenoxy) is 1. The Morgan fingerprint density at radius 2 is 1.82 bits per heavy atom. The predicted molar refractivity (Wildman–Crippen MR) is 53.6 cm³/mol. The molecule has 0 amide bonds. The Morgan fingerprint density at radius 3 is 2.24 bits per heavy atom. The zero-order valence-electron chi connectivity index (χ0n) is 8.59. The molecule has 0 spiro atoms. The number of benzene rings is 1. The van der Waals surface area contributed by atoms with Crippen LogP contribution in [0.3, 0.4) is 0 Å². The summed E-state index contributed by atoms with van der Waals surface area (Å²) in [7, 11) is 0. The highest BCUT2D eigenvalue weighted by molar-refractivity contribution is 5.74. The molecule has 0 saturated heterocycles. The number of aliphatic carboxylic acids is 1. The number of halogens is 2. The summed E-state index contributed by atoms with van der Waals surface area (Å²) in [6.45, 7) is -2.94. The second-order valence-corrected chi connectivity index (χ2v) is 3.26. The third-order valence-corrected chi connectivity index (χ3v) is 2.07. The van der Waals surface area contributed by atoms with E-state index in [2.05, 4.69) is 4.74 Å². The maximum Gasteiger partial charge on any atom is 0.387 e. The Morgan fingerprint density at radius 1 is 1.29 bits per heavy atom. The van der Waals surface area contributed by atoms with Crippen molar-refractivity contribution in [3.05, 3.63) is 29.8 Å². The smallest absolute Gasteiger partial charge is 0.387 e. The maximum absolute atomic E-state index is 11.8. The molecule has 0 aliphatic rings. The third-order valence-electron chi connectivity index (χ3n) is 2.07. The van der Waals surface area contributed by atoms with Gasteiger partial charge in [-0.3, -0.25) is 4.79 Å². The molecule has 2 atom stereocenters. The van der Waals surface area contributed by atoms with Crippen LogP contribution in [0.15, 0.2) is 24.3 Å². The number of carbonyl (C=O) groups is 1. The Labute approximate surface area is 95.4 Å². The van der Waals surface area contributed by atoms with Crippen LogP contribution in [-0.4, -0.2) is 28.8 Å². The fraction of sp³-hybridized carbons (Fsp3) is 0.300. The Kier molecular flexibility index (Phi) is 4.36. The summed E-state index contributed by atoms with van der Waals surface area (Å²) >= 11 is 0. The van der Waals surface area contributed by atoms with Gasteiger partial charge < -0.3 is 20.7 Å². The maximum atomic E-state index is 11.8. The lowest BCUT2D eigenvalue weighted by Gasteiger charge is -2.15. The van der Waals surface area contributed by atoms with Crippen molar-refractivity contribution in [1.82, 2.24) is 0 Å². The molecular weight excluding hydrogens is 236 g/mol. The molecule has 1 aromatic rings. The van der Waals surface area contributed by atoms with Crippen molar-refractivity contribution in [1.29, 1.82) is 0 Å². The molecule has 0 fully saturated rings. The first-order valence-electron chi connectivity index (χ1n) is 4.63. The first-order valence-corrected chi connectivity index (χ1v) is 4.63. The number of aliphatic hydroxyl groups excluding tert-OH is 1. The number of hydrogen-bond acceptors (Lipinski definition) is 4. The van der Waals surface area contributed by atoms with E-state index >= 15 is 0 Å². The molecule has 7 heteroatoms. The fourth-order valence-corrected chi connectivity index (χ4v) is 1.19. The van der Waals surface area contributed by atoms with Crippen LogP contribution in [0.4, 0.5) is 8.78 Å². The highest BCUT2D eigenvalue weighted by atomic mass is 19.3. The molecule has 1 aromatic carbocycles. The van der Waals surface area contributed by atoms with E-state index in [1.807, 2.05) is 0 Å². The number of aliphatic hydroxyl groups is 1.